The van der Waals surface area contributed by atoms with Crippen LogP contribution in [0, 0.1) is 0 Å². The number of amides is 1. The van der Waals surface area contributed by atoms with Gasteiger partial charge in [0.1, 0.15) is 0 Å². The van der Waals surface area contributed by atoms with E-state index in [1.807, 2.05) is 17.0 Å². The fourth-order valence-corrected chi connectivity index (χ4v) is 2.98. The lowest BCUT2D eigenvalue weighted by Crippen LogP contribution is -2.36. The van der Waals surface area contributed by atoms with Crippen LogP contribution >= 0.6 is 0 Å². The van der Waals surface area contributed by atoms with Gasteiger partial charge in [-0.05, 0) is 29.8 Å². The van der Waals surface area contributed by atoms with Crippen molar-refractivity contribution in [1.82, 2.24) is 19.9 Å². The molecule has 0 fully saturated rings. The number of pyridine rings is 3. The maximum atomic E-state index is 12.8. The third kappa shape index (κ3) is 2.56. The Labute approximate surface area is 139 Å². The van der Waals surface area contributed by atoms with Gasteiger partial charge in [-0.25, -0.2) is 15.0 Å². The van der Waals surface area contributed by atoms with E-state index in [9.17, 15) is 4.79 Å². The SMILES string of the molecule is COc1cc(C(=O)N2CCc3nc4ncccc4cc3C2)ccn1. The van der Waals surface area contributed by atoms with Gasteiger partial charge in [0.2, 0.25) is 5.88 Å². The van der Waals surface area contributed by atoms with Crippen LogP contribution in [0.2, 0.25) is 0 Å². The van der Waals surface area contributed by atoms with Crippen molar-refractivity contribution in [3.8, 4) is 5.88 Å². The van der Waals surface area contributed by atoms with Crippen LogP contribution < -0.4 is 4.74 Å². The molecule has 120 valence electrons. The summed E-state index contributed by atoms with van der Waals surface area (Å²) in [4.78, 5) is 27.6. The number of rotatable bonds is 2. The molecule has 0 saturated carbocycles. The first kappa shape index (κ1) is 14.6. The third-order valence-corrected chi connectivity index (χ3v) is 4.22. The average Bonchev–Trinajstić information content (AvgIpc) is 2.65. The minimum absolute atomic E-state index is 0.0207. The zero-order chi connectivity index (χ0) is 16.5. The highest BCUT2D eigenvalue weighted by molar-refractivity contribution is 5.94. The van der Waals surface area contributed by atoms with Crippen molar-refractivity contribution >= 4 is 16.9 Å². The van der Waals surface area contributed by atoms with Crippen molar-refractivity contribution < 1.29 is 9.53 Å². The summed E-state index contributed by atoms with van der Waals surface area (Å²) in [6.07, 6.45) is 4.07. The predicted molar refractivity (Wildman–Crippen MR) is 88.8 cm³/mol. The Morgan fingerprint density at radius 2 is 2.12 bits per heavy atom. The molecule has 0 aliphatic carbocycles. The maximum absolute atomic E-state index is 12.8. The summed E-state index contributed by atoms with van der Waals surface area (Å²) >= 11 is 0. The Balaban J connectivity index is 1.63. The van der Waals surface area contributed by atoms with Gasteiger partial charge in [0, 0.05) is 54.6 Å². The molecule has 0 saturated heterocycles. The van der Waals surface area contributed by atoms with E-state index in [0.29, 0.717) is 24.5 Å². The van der Waals surface area contributed by atoms with E-state index < -0.39 is 0 Å². The molecular formula is C18H16N4O2. The van der Waals surface area contributed by atoms with Crippen molar-refractivity contribution in [3.05, 3.63) is 59.5 Å². The zero-order valence-corrected chi connectivity index (χ0v) is 13.3. The Morgan fingerprint density at radius 1 is 1.21 bits per heavy atom. The Bertz CT molecular complexity index is 926. The Kier molecular flexibility index (Phi) is 3.57. The normalized spacial score (nSPS) is 13.6. The van der Waals surface area contributed by atoms with E-state index in [1.165, 1.54) is 0 Å². The largest absolute Gasteiger partial charge is 0.481 e. The molecule has 6 nitrogen and oxygen atoms in total. The number of hydrogen-bond donors (Lipinski definition) is 0. The van der Waals surface area contributed by atoms with Gasteiger partial charge in [0.25, 0.3) is 5.91 Å². The first-order valence-corrected chi connectivity index (χ1v) is 7.77. The first-order chi connectivity index (χ1) is 11.7. The molecule has 0 N–H and O–H groups in total. The fraction of sp³-hybridized carbons (Fsp3) is 0.222. The highest BCUT2D eigenvalue weighted by atomic mass is 16.5. The smallest absolute Gasteiger partial charge is 0.254 e. The Hall–Kier alpha value is -3.02. The molecule has 0 atom stereocenters. The van der Waals surface area contributed by atoms with Crippen LogP contribution in [0.4, 0.5) is 0 Å². The van der Waals surface area contributed by atoms with Gasteiger partial charge in [-0.1, -0.05) is 0 Å². The van der Waals surface area contributed by atoms with Crippen molar-refractivity contribution in [1.29, 1.82) is 0 Å². The molecule has 3 aromatic rings. The molecule has 6 heteroatoms. The Morgan fingerprint density at radius 3 is 3.00 bits per heavy atom. The molecule has 4 rings (SSSR count). The molecule has 3 aromatic heterocycles. The minimum atomic E-state index is -0.0207. The number of ether oxygens (including phenoxy) is 1. The van der Waals surface area contributed by atoms with Gasteiger partial charge in [-0.3, -0.25) is 4.79 Å². The van der Waals surface area contributed by atoms with Crippen molar-refractivity contribution in [2.45, 2.75) is 13.0 Å². The summed E-state index contributed by atoms with van der Waals surface area (Å²) in [5, 5.41) is 0.996. The number of carbonyl (C=O) groups is 1. The maximum Gasteiger partial charge on any atom is 0.254 e. The van der Waals surface area contributed by atoms with E-state index in [4.69, 9.17) is 4.74 Å². The molecule has 0 radical (unpaired) electrons. The molecule has 1 aliphatic heterocycles. The minimum Gasteiger partial charge on any atom is -0.481 e. The van der Waals surface area contributed by atoms with E-state index >= 15 is 0 Å². The second kappa shape index (κ2) is 5.88. The van der Waals surface area contributed by atoms with Crippen LogP contribution in [0.1, 0.15) is 21.6 Å². The molecule has 24 heavy (non-hydrogen) atoms. The summed E-state index contributed by atoms with van der Waals surface area (Å²) in [6, 6.07) is 9.34. The van der Waals surface area contributed by atoms with E-state index in [-0.39, 0.29) is 5.91 Å². The van der Waals surface area contributed by atoms with Crippen LogP contribution in [0.5, 0.6) is 5.88 Å². The van der Waals surface area contributed by atoms with Crippen molar-refractivity contribution in [2.24, 2.45) is 0 Å². The molecule has 0 spiro atoms. The van der Waals surface area contributed by atoms with Crippen molar-refractivity contribution in [3.63, 3.8) is 0 Å². The highest BCUT2D eigenvalue weighted by Crippen LogP contribution is 2.23. The van der Waals surface area contributed by atoms with Crippen LogP contribution in [0.3, 0.4) is 0 Å². The average molecular weight is 320 g/mol. The number of carbonyl (C=O) groups excluding carboxylic acids is 1. The lowest BCUT2D eigenvalue weighted by Gasteiger charge is -2.28. The molecule has 1 aliphatic rings. The third-order valence-electron chi connectivity index (χ3n) is 4.22. The van der Waals surface area contributed by atoms with E-state index in [1.54, 1.807) is 31.6 Å². The van der Waals surface area contributed by atoms with Gasteiger partial charge in [-0.15, -0.1) is 0 Å². The summed E-state index contributed by atoms with van der Waals surface area (Å²) in [6.45, 7) is 1.19. The molecular weight excluding hydrogens is 304 g/mol. The van der Waals surface area contributed by atoms with Crippen LogP contribution in [-0.4, -0.2) is 39.4 Å². The van der Waals surface area contributed by atoms with Gasteiger partial charge in [-0.2, -0.15) is 0 Å². The second-order valence-electron chi connectivity index (χ2n) is 5.71. The topological polar surface area (TPSA) is 68.2 Å². The molecule has 1 amide bonds. The van der Waals surface area contributed by atoms with E-state index in [2.05, 4.69) is 21.0 Å². The number of aromatic nitrogens is 3. The number of fused-ring (bicyclic) bond motifs is 2. The van der Waals surface area contributed by atoms with Crippen LogP contribution in [0.25, 0.3) is 11.0 Å². The lowest BCUT2D eigenvalue weighted by molar-refractivity contribution is 0.0733. The molecule has 0 unspecified atom stereocenters. The van der Waals surface area contributed by atoms with E-state index in [0.717, 1.165) is 28.7 Å². The van der Waals surface area contributed by atoms with Crippen molar-refractivity contribution in [2.75, 3.05) is 13.7 Å². The van der Waals surface area contributed by atoms with Gasteiger partial charge >= 0.3 is 0 Å². The highest BCUT2D eigenvalue weighted by Gasteiger charge is 2.23. The van der Waals surface area contributed by atoms with Gasteiger partial charge in [0.15, 0.2) is 5.65 Å². The fourth-order valence-electron chi connectivity index (χ4n) is 2.98. The molecule has 0 bridgehead atoms. The number of methoxy groups -OCH3 is 1. The van der Waals surface area contributed by atoms with Gasteiger partial charge in [0.05, 0.1) is 7.11 Å². The molecule has 0 aromatic carbocycles. The summed E-state index contributed by atoms with van der Waals surface area (Å²) in [7, 11) is 1.54. The lowest BCUT2D eigenvalue weighted by atomic mass is 10.0. The standard InChI is InChI=1S/C18H16N4O2/c1-24-16-10-13(4-7-19-16)18(23)22-8-5-15-14(11-22)9-12-3-2-6-20-17(12)21-15/h2-4,6-7,9-10H,5,8,11H2,1H3. The second-order valence-corrected chi connectivity index (χ2v) is 5.71. The number of nitrogens with zero attached hydrogens (tertiary/aromatic N) is 4. The predicted octanol–water partition coefficient (Wildman–Crippen LogP) is 2.23. The van der Waals surface area contributed by atoms with Gasteiger partial charge < -0.3 is 9.64 Å². The first-order valence-electron chi connectivity index (χ1n) is 7.77. The monoisotopic (exact) mass is 320 g/mol. The number of hydrogen-bond acceptors (Lipinski definition) is 5. The molecule has 4 heterocycles. The van der Waals surface area contributed by atoms with Crippen LogP contribution in [0.15, 0.2) is 42.7 Å². The zero-order valence-electron chi connectivity index (χ0n) is 13.3. The quantitative estimate of drug-likeness (QED) is 0.724. The summed E-state index contributed by atoms with van der Waals surface area (Å²) in [5.41, 5.74) is 3.45. The summed E-state index contributed by atoms with van der Waals surface area (Å²) < 4.78 is 5.10. The summed E-state index contributed by atoms with van der Waals surface area (Å²) in [5.74, 6) is 0.421. The van der Waals surface area contributed by atoms with Crippen LogP contribution in [-0.2, 0) is 13.0 Å².